The summed E-state index contributed by atoms with van der Waals surface area (Å²) in [5.74, 6) is -0.435. The normalized spacial score (nSPS) is 23.4. The molecular weight excluding hydrogens is 294 g/mol. The van der Waals surface area contributed by atoms with Crippen LogP contribution in [0.2, 0.25) is 0 Å². The minimum Gasteiger partial charge on any atom is -0.467 e. The first-order valence-corrected chi connectivity index (χ1v) is 7.71. The molecule has 2 atom stereocenters. The molecule has 1 aromatic rings. The van der Waals surface area contributed by atoms with E-state index in [9.17, 15) is 9.59 Å². The van der Waals surface area contributed by atoms with Crippen molar-refractivity contribution in [3.05, 3.63) is 48.6 Å². The SMILES string of the molecule is C=CCC1CCN(C(=O)OCc2ccccc2)C1(C)C(=O)OC. The number of methoxy groups -OCH3 is 1. The molecule has 2 unspecified atom stereocenters. The molecule has 0 aliphatic carbocycles. The Kier molecular flexibility index (Phi) is 5.42. The van der Waals surface area contributed by atoms with E-state index in [1.807, 2.05) is 30.3 Å². The van der Waals surface area contributed by atoms with Crippen LogP contribution in [0.4, 0.5) is 4.79 Å². The quantitative estimate of drug-likeness (QED) is 0.618. The van der Waals surface area contributed by atoms with Gasteiger partial charge in [-0.15, -0.1) is 6.58 Å². The van der Waals surface area contributed by atoms with Crippen LogP contribution in [-0.2, 0) is 20.9 Å². The molecule has 1 aromatic carbocycles. The van der Waals surface area contributed by atoms with E-state index in [0.717, 1.165) is 12.0 Å². The highest BCUT2D eigenvalue weighted by Crippen LogP contribution is 2.38. The van der Waals surface area contributed by atoms with Crippen molar-refractivity contribution in [1.82, 2.24) is 4.90 Å². The van der Waals surface area contributed by atoms with E-state index in [1.165, 1.54) is 12.0 Å². The zero-order chi connectivity index (χ0) is 16.9. The summed E-state index contributed by atoms with van der Waals surface area (Å²) in [7, 11) is 1.34. The van der Waals surface area contributed by atoms with Gasteiger partial charge >= 0.3 is 12.1 Å². The van der Waals surface area contributed by atoms with Crippen molar-refractivity contribution in [3.63, 3.8) is 0 Å². The van der Waals surface area contributed by atoms with Crippen molar-refractivity contribution in [2.75, 3.05) is 13.7 Å². The number of allylic oxidation sites excluding steroid dienone is 1. The van der Waals surface area contributed by atoms with E-state index >= 15 is 0 Å². The number of hydrogen-bond donors (Lipinski definition) is 0. The fraction of sp³-hybridized carbons (Fsp3) is 0.444. The zero-order valence-electron chi connectivity index (χ0n) is 13.7. The number of nitrogens with zero attached hydrogens (tertiary/aromatic N) is 1. The maximum absolute atomic E-state index is 12.5. The van der Waals surface area contributed by atoms with Gasteiger partial charge in [0, 0.05) is 6.54 Å². The Bertz CT molecular complexity index is 572. The summed E-state index contributed by atoms with van der Waals surface area (Å²) in [5, 5.41) is 0. The van der Waals surface area contributed by atoms with Crippen LogP contribution in [0.3, 0.4) is 0 Å². The van der Waals surface area contributed by atoms with Crippen LogP contribution in [0.1, 0.15) is 25.3 Å². The van der Waals surface area contributed by atoms with Crippen molar-refractivity contribution >= 4 is 12.1 Å². The summed E-state index contributed by atoms with van der Waals surface area (Å²) in [4.78, 5) is 26.3. The second-order valence-corrected chi connectivity index (χ2v) is 5.84. The van der Waals surface area contributed by atoms with E-state index in [1.54, 1.807) is 13.0 Å². The minimum atomic E-state index is -1.02. The van der Waals surface area contributed by atoms with E-state index in [4.69, 9.17) is 9.47 Å². The number of carbonyl (C=O) groups excluding carboxylic acids is 2. The van der Waals surface area contributed by atoms with Crippen molar-refractivity contribution in [3.8, 4) is 0 Å². The van der Waals surface area contributed by atoms with Crippen molar-refractivity contribution in [2.24, 2.45) is 5.92 Å². The molecule has 0 aromatic heterocycles. The van der Waals surface area contributed by atoms with Gasteiger partial charge in [0.25, 0.3) is 0 Å². The average molecular weight is 317 g/mol. The number of rotatable bonds is 5. The van der Waals surface area contributed by atoms with E-state index in [-0.39, 0.29) is 12.5 Å². The van der Waals surface area contributed by atoms with Crippen LogP contribution in [0.15, 0.2) is 43.0 Å². The Morgan fingerprint density at radius 1 is 1.39 bits per heavy atom. The molecule has 2 rings (SSSR count). The molecule has 0 radical (unpaired) electrons. The number of carbonyl (C=O) groups is 2. The van der Waals surface area contributed by atoms with Gasteiger partial charge in [-0.3, -0.25) is 4.90 Å². The lowest BCUT2D eigenvalue weighted by Gasteiger charge is -2.35. The van der Waals surface area contributed by atoms with E-state index < -0.39 is 17.6 Å². The monoisotopic (exact) mass is 317 g/mol. The highest BCUT2D eigenvalue weighted by molar-refractivity contribution is 5.86. The van der Waals surface area contributed by atoms with Gasteiger partial charge in [0.05, 0.1) is 7.11 Å². The molecule has 1 aliphatic rings. The molecule has 0 saturated carbocycles. The first-order chi connectivity index (χ1) is 11.0. The van der Waals surface area contributed by atoms with Gasteiger partial charge in [0.15, 0.2) is 0 Å². The number of esters is 1. The predicted molar refractivity (Wildman–Crippen MR) is 86.7 cm³/mol. The lowest BCUT2D eigenvalue weighted by atomic mass is 9.84. The zero-order valence-corrected chi connectivity index (χ0v) is 13.7. The van der Waals surface area contributed by atoms with Gasteiger partial charge in [0.1, 0.15) is 12.1 Å². The smallest absolute Gasteiger partial charge is 0.411 e. The molecule has 5 heteroatoms. The number of likely N-dealkylation sites (tertiary alicyclic amines) is 1. The van der Waals surface area contributed by atoms with Gasteiger partial charge in [-0.1, -0.05) is 36.4 Å². The molecule has 1 heterocycles. The molecule has 124 valence electrons. The molecule has 1 fully saturated rings. The number of benzene rings is 1. The maximum Gasteiger partial charge on any atom is 0.411 e. The van der Waals surface area contributed by atoms with E-state index in [0.29, 0.717) is 13.0 Å². The molecule has 0 bridgehead atoms. The summed E-state index contributed by atoms with van der Waals surface area (Å²) in [6.07, 6.45) is 2.64. The van der Waals surface area contributed by atoms with Crippen LogP contribution in [0, 0.1) is 5.92 Å². The summed E-state index contributed by atoms with van der Waals surface area (Å²) in [6.45, 7) is 6.12. The third-order valence-electron chi connectivity index (χ3n) is 4.53. The molecule has 1 amide bonds. The van der Waals surface area contributed by atoms with Crippen LogP contribution in [-0.4, -0.2) is 36.2 Å². The van der Waals surface area contributed by atoms with Gasteiger partial charge in [-0.05, 0) is 31.2 Å². The first kappa shape index (κ1) is 17.1. The average Bonchev–Trinajstić information content (AvgIpc) is 2.91. The van der Waals surface area contributed by atoms with Crippen LogP contribution < -0.4 is 0 Å². The van der Waals surface area contributed by atoms with Crippen molar-refractivity contribution in [2.45, 2.75) is 31.9 Å². The third-order valence-corrected chi connectivity index (χ3v) is 4.53. The molecule has 1 saturated heterocycles. The van der Waals surface area contributed by atoms with E-state index in [2.05, 4.69) is 6.58 Å². The largest absolute Gasteiger partial charge is 0.467 e. The molecular formula is C18H23NO4. The third kappa shape index (κ3) is 3.38. The van der Waals surface area contributed by atoms with Crippen LogP contribution in [0.25, 0.3) is 0 Å². The Labute approximate surface area is 136 Å². The first-order valence-electron chi connectivity index (χ1n) is 7.71. The van der Waals surface area contributed by atoms with Gasteiger partial charge in [0.2, 0.25) is 0 Å². The summed E-state index contributed by atoms with van der Waals surface area (Å²) >= 11 is 0. The Morgan fingerprint density at radius 3 is 2.70 bits per heavy atom. The van der Waals surface area contributed by atoms with Crippen LogP contribution >= 0.6 is 0 Å². The Hall–Kier alpha value is -2.30. The van der Waals surface area contributed by atoms with Crippen molar-refractivity contribution in [1.29, 1.82) is 0 Å². The molecule has 1 aliphatic heterocycles. The highest BCUT2D eigenvalue weighted by atomic mass is 16.6. The maximum atomic E-state index is 12.5. The summed E-state index contributed by atoms with van der Waals surface area (Å²) in [6, 6.07) is 9.45. The number of ether oxygens (including phenoxy) is 2. The molecule has 5 nitrogen and oxygen atoms in total. The Balaban J connectivity index is 2.11. The highest BCUT2D eigenvalue weighted by Gasteiger charge is 2.53. The van der Waals surface area contributed by atoms with Gasteiger partial charge in [-0.2, -0.15) is 0 Å². The molecule has 0 N–H and O–H groups in total. The lowest BCUT2D eigenvalue weighted by molar-refractivity contribution is -0.153. The molecule has 0 spiro atoms. The predicted octanol–water partition coefficient (Wildman–Crippen LogP) is 3.15. The lowest BCUT2D eigenvalue weighted by Crippen LogP contribution is -2.54. The number of hydrogen-bond acceptors (Lipinski definition) is 4. The van der Waals surface area contributed by atoms with Gasteiger partial charge < -0.3 is 9.47 Å². The second kappa shape index (κ2) is 7.31. The summed E-state index contributed by atoms with van der Waals surface area (Å²) < 4.78 is 10.3. The fourth-order valence-electron chi connectivity index (χ4n) is 3.13. The topological polar surface area (TPSA) is 55.8 Å². The summed E-state index contributed by atoms with van der Waals surface area (Å²) in [5.41, 5.74) is -0.112. The second-order valence-electron chi connectivity index (χ2n) is 5.84. The number of amides is 1. The van der Waals surface area contributed by atoms with Crippen molar-refractivity contribution < 1.29 is 19.1 Å². The van der Waals surface area contributed by atoms with Gasteiger partial charge in [-0.25, -0.2) is 9.59 Å². The minimum absolute atomic E-state index is 0.0169. The molecule has 23 heavy (non-hydrogen) atoms. The Morgan fingerprint density at radius 2 is 2.09 bits per heavy atom. The fourth-order valence-corrected chi connectivity index (χ4v) is 3.13. The standard InChI is InChI=1S/C18H23NO4/c1-4-8-15-11-12-19(18(15,2)16(20)22-3)17(21)23-13-14-9-6-5-7-10-14/h4-7,9-10,15H,1,8,11-13H2,2-3H3. The van der Waals surface area contributed by atoms with Crippen LogP contribution in [0.5, 0.6) is 0 Å².